The molecular formula is C18H21NO4. The summed E-state index contributed by atoms with van der Waals surface area (Å²) >= 11 is 0. The average Bonchev–Trinajstić information content (AvgIpc) is 3.11. The molecule has 0 unspecified atom stereocenters. The van der Waals surface area contributed by atoms with E-state index in [2.05, 4.69) is 11.5 Å². The van der Waals surface area contributed by atoms with E-state index in [1.54, 1.807) is 12.1 Å². The topological polar surface area (TPSA) is 60.7 Å². The van der Waals surface area contributed by atoms with Gasteiger partial charge in [-0.15, -0.1) is 0 Å². The van der Waals surface area contributed by atoms with Gasteiger partial charge in [-0.25, -0.2) is 4.79 Å². The first-order chi connectivity index (χ1) is 11.1. The van der Waals surface area contributed by atoms with E-state index < -0.39 is 11.8 Å². The Morgan fingerprint density at radius 2 is 2.13 bits per heavy atom. The molecule has 1 spiro atoms. The number of aromatic carboxylic acids is 1. The third kappa shape index (κ3) is 2.26. The Kier molecular flexibility index (Phi) is 3.43. The summed E-state index contributed by atoms with van der Waals surface area (Å²) in [6.07, 6.45) is 3.53. The van der Waals surface area contributed by atoms with E-state index >= 15 is 0 Å². The molecule has 0 saturated carbocycles. The van der Waals surface area contributed by atoms with Crippen molar-refractivity contribution in [3.05, 3.63) is 35.0 Å². The Bertz CT molecular complexity index is 771. The number of benzene rings is 1. The lowest BCUT2D eigenvalue weighted by Gasteiger charge is -2.32. The number of rotatable bonds is 3. The smallest absolute Gasteiger partial charge is 0.335 e. The summed E-state index contributed by atoms with van der Waals surface area (Å²) in [6.45, 7) is 4.40. The van der Waals surface area contributed by atoms with Crippen LogP contribution in [0.2, 0.25) is 0 Å². The lowest BCUT2D eigenvalue weighted by atomic mass is 9.90. The van der Waals surface area contributed by atoms with E-state index in [-0.39, 0.29) is 0 Å². The van der Waals surface area contributed by atoms with Crippen molar-refractivity contribution >= 4 is 16.9 Å². The van der Waals surface area contributed by atoms with Crippen LogP contribution < -0.4 is 0 Å². The molecule has 23 heavy (non-hydrogen) atoms. The zero-order valence-electron chi connectivity index (χ0n) is 13.3. The van der Waals surface area contributed by atoms with E-state index in [4.69, 9.17) is 9.47 Å². The molecular weight excluding hydrogens is 294 g/mol. The van der Waals surface area contributed by atoms with Crippen molar-refractivity contribution < 1.29 is 19.4 Å². The number of carbonyl (C=O) groups is 1. The molecule has 1 N–H and O–H groups in total. The van der Waals surface area contributed by atoms with Crippen LogP contribution in [0.3, 0.4) is 0 Å². The van der Waals surface area contributed by atoms with E-state index in [1.807, 2.05) is 6.07 Å². The van der Waals surface area contributed by atoms with Crippen molar-refractivity contribution in [1.82, 2.24) is 4.57 Å². The molecule has 122 valence electrons. The molecule has 5 nitrogen and oxygen atoms in total. The van der Waals surface area contributed by atoms with E-state index in [1.165, 1.54) is 11.3 Å². The van der Waals surface area contributed by atoms with Gasteiger partial charge in [-0.3, -0.25) is 0 Å². The minimum atomic E-state index is -0.886. The number of ether oxygens (including phenoxy) is 2. The molecule has 1 aliphatic carbocycles. The van der Waals surface area contributed by atoms with Gasteiger partial charge in [0.1, 0.15) is 0 Å². The minimum Gasteiger partial charge on any atom is -0.478 e. The Labute approximate surface area is 134 Å². The molecule has 1 fully saturated rings. The van der Waals surface area contributed by atoms with Gasteiger partial charge in [0.25, 0.3) is 0 Å². The van der Waals surface area contributed by atoms with Crippen molar-refractivity contribution in [2.75, 3.05) is 13.2 Å². The summed E-state index contributed by atoms with van der Waals surface area (Å²) in [4.78, 5) is 11.3. The molecule has 0 atom stereocenters. The molecule has 1 aliphatic heterocycles. The highest BCUT2D eigenvalue weighted by Crippen LogP contribution is 2.40. The molecule has 1 aromatic heterocycles. The highest BCUT2D eigenvalue weighted by atomic mass is 16.7. The molecule has 1 aromatic carbocycles. The van der Waals surface area contributed by atoms with Crippen LogP contribution in [0.4, 0.5) is 0 Å². The van der Waals surface area contributed by atoms with Crippen LogP contribution in [0.15, 0.2) is 18.2 Å². The van der Waals surface area contributed by atoms with Gasteiger partial charge in [0.15, 0.2) is 5.79 Å². The van der Waals surface area contributed by atoms with Crippen LogP contribution in [0.5, 0.6) is 0 Å². The van der Waals surface area contributed by atoms with Gasteiger partial charge >= 0.3 is 5.97 Å². The molecule has 0 radical (unpaired) electrons. The van der Waals surface area contributed by atoms with Crippen molar-refractivity contribution in [1.29, 1.82) is 0 Å². The number of carboxylic acids is 1. The Balaban J connectivity index is 1.89. The molecule has 2 heterocycles. The summed E-state index contributed by atoms with van der Waals surface area (Å²) in [7, 11) is 0. The zero-order valence-corrected chi connectivity index (χ0v) is 13.3. The van der Waals surface area contributed by atoms with Crippen LogP contribution in [-0.2, 0) is 28.9 Å². The number of hydrogen-bond acceptors (Lipinski definition) is 3. The monoisotopic (exact) mass is 315 g/mol. The predicted octanol–water partition coefficient (Wildman–Crippen LogP) is 2.98. The number of carboxylic acid groups (broad SMARTS) is 1. The third-order valence-electron chi connectivity index (χ3n) is 4.98. The van der Waals surface area contributed by atoms with Crippen LogP contribution in [0, 0.1) is 0 Å². The summed E-state index contributed by atoms with van der Waals surface area (Å²) < 4.78 is 14.1. The lowest BCUT2D eigenvalue weighted by molar-refractivity contribution is -0.163. The largest absolute Gasteiger partial charge is 0.478 e. The van der Waals surface area contributed by atoms with Gasteiger partial charge in [-0.2, -0.15) is 0 Å². The van der Waals surface area contributed by atoms with Gasteiger partial charge in [-0.1, -0.05) is 6.92 Å². The second kappa shape index (κ2) is 5.35. The van der Waals surface area contributed by atoms with Gasteiger partial charge in [-0.05, 0) is 36.6 Å². The first-order valence-corrected chi connectivity index (χ1v) is 8.29. The Morgan fingerprint density at radius 1 is 1.35 bits per heavy atom. The first kappa shape index (κ1) is 14.7. The summed E-state index contributed by atoms with van der Waals surface area (Å²) in [5, 5.41) is 10.3. The maximum absolute atomic E-state index is 11.3. The lowest BCUT2D eigenvalue weighted by Crippen LogP contribution is -2.37. The van der Waals surface area contributed by atoms with Crippen molar-refractivity contribution in [2.24, 2.45) is 0 Å². The fourth-order valence-electron chi connectivity index (χ4n) is 3.98. The number of fused-ring (bicyclic) bond motifs is 3. The maximum Gasteiger partial charge on any atom is 0.335 e. The normalized spacial score (nSPS) is 19.3. The molecule has 1 saturated heterocycles. The number of aryl methyl sites for hydroxylation is 1. The van der Waals surface area contributed by atoms with Crippen LogP contribution in [-0.4, -0.2) is 34.6 Å². The second-order valence-corrected chi connectivity index (χ2v) is 6.40. The van der Waals surface area contributed by atoms with Gasteiger partial charge in [0, 0.05) is 36.0 Å². The van der Waals surface area contributed by atoms with Crippen molar-refractivity contribution in [3.63, 3.8) is 0 Å². The van der Waals surface area contributed by atoms with Crippen LogP contribution in [0.1, 0.15) is 41.4 Å². The third-order valence-corrected chi connectivity index (χ3v) is 4.98. The van der Waals surface area contributed by atoms with Gasteiger partial charge < -0.3 is 19.1 Å². The second-order valence-electron chi connectivity index (χ2n) is 6.40. The zero-order chi connectivity index (χ0) is 16.0. The van der Waals surface area contributed by atoms with Crippen molar-refractivity contribution in [2.45, 2.75) is 44.9 Å². The number of hydrogen-bond donors (Lipinski definition) is 1. The molecule has 0 amide bonds. The summed E-state index contributed by atoms with van der Waals surface area (Å²) in [5.41, 5.74) is 3.97. The number of aromatic nitrogens is 1. The highest BCUT2D eigenvalue weighted by molar-refractivity contribution is 5.95. The molecule has 2 aromatic rings. The number of nitrogens with zero attached hydrogens (tertiary/aromatic N) is 1. The van der Waals surface area contributed by atoms with E-state index in [9.17, 15) is 9.90 Å². The predicted molar refractivity (Wildman–Crippen MR) is 85.8 cm³/mol. The highest BCUT2D eigenvalue weighted by Gasteiger charge is 2.41. The molecule has 5 heteroatoms. The molecule has 2 aliphatic rings. The fraction of sp³-hybridized carbons (Fsp3) is 0.500. The Hall–Kier alpha value is -1.85. The minimum absolute atomic E-state index is 0.335. The average molecular weight is 315 g/mol. The first-order valence-electron chi connectivity index (χ1n) is 8.29. The van der Waals surface area contributed by atoms with E-state index in [0.29, 0.717) is 25.2 Å². The maximum atomic E-state index is 11.3. The van der Waals surface area contributed by atoms with Crippen molar-refractivity contribution in [3.8, 4) is 0 Å². The SMILES string of the molecule is CCCn1c2c(c3cc(C(=O)O)ccc31)CC1(CC2)OCCO1. The fourth-order valence-corrected chi connectivity index (χ4v) is 3.98. The molecule has 0 bridgehead atoms. The van der Waals surface area contributed by atoms with E-state index in [0.717, 1.165) is 36.7 Å². The van der Waals surface area contributed by atoms with Crippen LogP contribution in [0.25, 0.3) is 10.9 Å². The summed E-state index contributed by atoms with van der Waals surface area (Å²) in [6, 6.07) is 5.44. The summed E-state index contributed by atoms with van der Waals surface area (Å²) in [5.74, 6) is -1.39. The Morgan fingerprint density at radius 3 is 2.83 bits per heavy atom. The molecule has 4 rings (SSSR count). The van der Waals surface area contributed by atoms with Gasteiger partial charge in [0.2, 0.25) is 0 Å². The quantitative estimate of drug-likeness (QED) is 0.946. The standard InChI is InChI=1S/C18H21NO4/c1-2-7-19-15-4-3-12(17(20)21)10-13(15)14-11-18(6-5-16(14)19)22-8-9-23-18/h3-4,10H,2,5-9,11H2,1H3,(H,20,21). The van der Waals surface area contributed by atoms with Gasteiger partial charge in [0.05, 0.1) is 18.8 Å². The van der Waals surface area contributed by atoms with Crippen LogP contribution >= 0.6 is 0 Å².